The Hall–Kier alpha value is -1.54. The van der Waals surface area contributed by atoms with Gasteiger partial charge in [-0.15, -0.1) is 0 Å². The smallest absolute Gasteiger partial charge is 0.325 e. The summed E-state index contributed by atoms with van der Waals surface area (Å²) in [7, 11) is -9.33. The molecule has 0 aliphatic heterocycles. The van der Waals surface area contributed by atoms with Gasteiger partial charge in [0.25, 0.3) is 0 Å². The molecule has 0 aliphatic rings. The van der Waals surface area contributed by atoms with Crippen molar-refractivity contribution in [2.75, 3.05) is 10.6 Å². The second-order valence-corrected chi connectivity index (χ2v) is 16.0. The number of carbonyl (C=O) groups is 2. The third-order valence-electron chi connectivity index (χ3n) is 8.25. The Morgan fingerprint density at radius 1 is 0.511 bits per heavy atom. The summed E-state index contributed by atoms with van der Waals surface area (Å²) in [5.41, 5.74) is -2.31. The second-order valence-electron chi connectivity index (χ2n) is 12.4. The number of unbranched alkanes of at least 4 members (excludes halogenated alkanes) is 17. The molecule has 1 aromatic carbocycles. The van der Waals surface area contributed by atoms with Crippen LogP contribution in [0.1, 0.15) is 149 Å². The van der Waals surface area contributed by atoms with Crippen LogP contribution in [0.4, 0.5) is 11.4 Å². The normalized spacial score (nSPS) is 13.4. The Labute approximate surface area is 271 Å². The average molecular weight is 675 g/mol. The summed E-state index contributed by atoms with van der Waals surface area (Å²) in [6.07, 6.45) is 20.4. The van der Waals surface area contributed by atoms with Crippen molar-refractivity contribution in [1.29, 1.82) is 0 Å². The van der Waals surface area contributed by atoms with Crippen LogP contribution >= 0.6 is 15.2 Å². The van der Waals surface area contributed by atoms with Crippen molar-refractivity contribution in [3.63, 3.8) is 0 Å². The van der Waals surface area contributed by atoms with Crippen molar-refractivity contribution >= 4 is 38.4 Å². The molecule has 2 unspecified atom stereocenters. The van der Waals surface area contributed by atoms with E-state index in [1.165, 1.54) is 82.1 Å². The van der Waals surface area contributed by atoms with Crippen molar-refractivity contribution < 1.29 is 38.3 Å². The zero-order chi connectivity index (χ0) is 33.6. The van der Waals surface area contributed by atoms with E-state index in [1.54, 1.807) is 0 Å². The molecule has 12 heteroatoms. The monoisotopic (exact) mass is 674 g/mol. The fourth-order valence-electron chi connectivity index (χ4n) is 5.47. The largest absolute Gasteiger partial charge is 0.337 e. The van der Waals surface area contributed by atoms with E-state index in [0.717, 1.165) is 51.4 Å². The Morgan fingerprint density at radius 3 is 1.00 bits per heavy atom. The molecule has 0 fully saturated rings. The predicted molar refractivity (Wildman–Crippen MR) is 184 cm³/mol. The van der Waals surface area contributed by atoms with Crippen LogP contribution in [-0.2, 0) is 18.7 Å². The number of amides is 2. The molecule has 0 aliphatic carbocycles. The maximum atomic E-state index is 12.8. The lowest BCUT2D eigenvalue weighted by Gasteiger charge is -2.19. The zero-order valence-corrected chi connectivity index (χ0v) is 29.4. The molecule has 0 aromatic heterocycles. The molecule has 2 atom stereocenters. The van der Waals surface area contributed by atoms with Gasteiger partial charge in [-0.1, -0.05) is 136 Å². The quantitative estimate of drug-likeness (QED) is 0.0396. The predicted octanol–water partition coefficient (Wildman–Crippen LogP) is 8.89. The average Bonchev–Trinajstić information content (AvgIpc) is 2.96. The molecule has 2 amide bonds. The summed E-state index contributed by atoms with van der Waals surface area (Å²) >= 11 is 0. The number of anilines is 2. The summed E-state index contributed by atoms with van der Waals surface area (Å²) in [5, 5.41) is 5.10. The number of hydrogen-bond acceptors (Lipinski definition) is 4. The molecule has 0 saturated heterocycles. The molecule has 0 saturated carbocycles. The van der Waals surface area contributed by atoms with E-state index in [9.17, 15) is 38.3 Å². The van der Waals surface area contributed by atoms with E-state index in [4.69, 9.17) is 0 Å². The van der Waals surface area contributed by atoms with Gasteiger partial charge in [-0.25, -0.2) is 0 Å². The molecule has 1 rings (SSSR count). The van der Waals surface area contributed by atoms with Crippen LogP contribution in [0, 0.1) is 0 Å². The minimum absolute atomic E-state index is 0.0862. The lowest BCUT2D eigenvalue weighted by molar-refractivity contribution is -0.117. The summed E-state index contributed by atoms with van der Waals surface area (Å²) in [5.74, 6) is -1.53. The number of benzene rings is 1. The van der Waals surface area contributed by atoms with Crippen LogP contribution in [-0.4, -0.2) is 42.7 Å². The highest BCUT2D eigenvalue weighted by atomic mass is 31.2. The SMILES string of the molecule is CCCCCCCCCCCCC(C(=O)Nc1ccc(NC(=O)C(CCCCCCCCCCC)P(=O)(O)O)cc1)P(=O)(O)O. The Bertz CT molecular complexity index is 1040. The van der Waals surface area contributed by atoms with Gasteiger partial charge in [0.1, 0.15) is 11.3 Å². The summed E-state index contributed by atoms with van der Waals surface area (Å²) in [4.78, 5) is 64.8. The van der Waals surface area contributed by atoms with Gasteiger partial charge in [0.15, 0.2) is 0 Å². The first-order chi connectivity index (χ1) is 21.4. The molecule has 45 heavy (non-hydrogen) atoms. The first-order valence-electron chi connectivity index (χ1n) is 17.2. The minimum Gasteiger partial charge on any atom is -0.325 e. The van der Waals surface area contributed by atoms with Crippen LogP contribution in [0.25, 0.3) is 0 Å². The first kappa shape index (κ1) is 41.5. The Morgan fingerprint density at radius 2 is 0.756 bits per heavy atom. The third kappa shape index (κ3) is 19.7. The number of carbonyl (C=O) groups excluding carboxylic acids is 2. The van der Waals surface area contributed by atoms with Crippen molar-refractivity contribution in [2.45, 2.75) is 160 Å². The van der Waals surface area contributed by atoms with Gasteiger partial charge in [-0.05, 0) is 37.1 Å². The fourth-order valence-corrected chi connectivity index (χ4v) is 7.24. The first-order valence-corrected chi connectivity index (χ1v) is 20.6. The van der Waals surface area contributed by atoms with Crippen LogP contribution in [0.3, 0.4) is 0 Å². The summed E-state index contributed by atoms with van der Waals surface area (Å²) in [6.45, 7) is 4.37. The second kappa shape index (κ2) is 23.7. The molecule has 0 radical (unpaired) electrons. The highest BCUT2D eigenvalue weighted by molar-refractivity contribution is 7.54. The van der Waals surface area contributed by atoms with Gasteiger partial charge >= 0.3 is 15.2 Å². The van der Waals surface area contributed by atoms with Gasteiger partial charge in [0, 0.05) is 11.4 Å². The molecule has 10 nitrogen and oxygen atoms in total. The van der Waals surface area contributed by atoms with E-state index in [1.807, 2.05) is 0 Å². The minimum atomic E-state index is -4.67. The highest BCUT2D eigenvalue weighted by Gasteiger charge is 2.36. The Balaban J connectivity index is 2.53. The topological polar surface area (TPSA) is 173 Å². The standard InChI is InChI=1S/C33H60N2O8P2/c1-3-5-7-9-11-13-15-17-19-21-23-31(45(41,42)43)33(37)35-29-26-24-28(25-27-29)34-32(36)30(44(38,39)40)22-20-18-16-14-12-10-8-6-4-2/h24-27,30-31H,3-23H2,1-2H3,(H,34,36)(H,35,37)(H2,38,39,40)(H2,41,42,43). The number of rotatable bonds is 27. The van der Waals surface area contributed by atoms with Crippen LogP contribution in [0.15, 0.2) is 24.3 Å². The molecule has 260 valence electrons. The van der Waals surface area contributed by atoms with Crippen LogP contribution in [0.5, 0.6) is 0 Å². The third-order valence-corrected chi connectivity index (χ3v) is 10.9. The van der Waals surface area contributed by atoms with Crippen molar-refractivity contribution in [2.24, 2.45) is 0 Å². The van der Waals surface area contributed by atoms with Crippen molar-refractivity contribution in [3.8, 4) is 0 Å². The van der Waals surface area contributed by atoms with E-state index in [2.05, 4.69) is 24.5 Å². The lowest BCUT2D eigenvalue weighted by Crippen LogP contribution is -2.28. The maximum absolute atomic E-state index is 12.8. The Kier molecular flexibility index (Phi) is 21.9. The maximum Gasteiger partial charge on any atom is 0.337 e. The van der Waals surface area contributed by atoms with Gasteiger partial charge in [-0.3, -0.25) is 18.7 Å². The molecule has 0 heterocycles. The van der Waals surface area contributed by atoms with Crippen LogP contribution in [0.2, 0.25) is 0 Å². The van der Waals surface area contributed by atoms with Crippen molar-refractivity contribution in [3.05, 3.63) is 24.3 Å². The molecule has 6 N–H and O–H groups in total. The van der Waals surface area contributed by atoms with Gasteiger partial charge < -0.3 is 30.2 Å². The number of nitrogens with one attached hydrogen (secondary N) is 2. The van der Waals surface area contributed by atoms with Crippen molar-refractivity contribution in [1.82, 2.24) is 0 Å². The molecular weight excluding hydrogens is 614 g/mol. The fraction of sp³-hybridized carbons (Fsp3) is 0.758. The van der Waals surface area contributed by atoms with Gasteiger partial charge in [-0.2, -0.15) is 0 Å². The zero-order valence-electron chi connectivity index (χ0n) is 27.6. The van der Waals surface area contributed by atoms with E-state index in [-0.39, 0.29) is 12.8 Å². The molecule has 1 aromatic rings. The van der Waals surface area contributed by atoms with Gasteiger partial charge in [0.05, 0.1) is 0 Å². The van der Waals surface area contributed by atoms with E-state index < -0.39 is 38.3 Å². The van der Waals surface area contributed by atoms with E-state index >= 15 is 0 Å². The summed E-state index contributed by atoms with van der Waals surface area (Å²) in [6, 6.07) is 5.88. The number of hydrogen-bond donors (Lipinski definition) is 6. The van der Waals surface area contributed by atoms with E-state index in [0.29, 0.717) is 24.2 Å². The molecule has 0 spiro atoms. The molecular formula is C33H60N2O8P2. The lowest BCUT2D eigenvalue weighted by atomic mass is 10.0. The highest BCUT2D eigenvalue weighted by Crippen LogP contribution is 2.45. The van der Waals surface area contributed by atoms with Gasteiger partial charge in [0.2, 0.25) is 11.8 Å². The summed E-state index contributed by atoms with van der Waals surface area (Å²) < 4.78 is 24.1. The van der Waals surface area contributed by atoms with Crippen LogP contribution < -0.4 is 10.6 Å². The molecule has 0 bridgehead atoms.